The van der Waals surface area contributed by atoms with E-state index in [9.17, 15) is 9.18 Å². The molecule has 1 amide bonds. The second-order valence-electron chi connectivity index (χ2n) is 3.89. The zero-order valence-electron chi connectivity index (χ0n) is 10.6. The van der Waals surface area contributed by atoms with E-state index in [2.05, 4.69) is 20.6 Å². The summed E-state index contributed by atoms with van der Waals surface area (Å²) in [7, 11) is 1.54. The van der Waals surface area contributed by atoms with Crippen molar-refractivity contribution in [3.8, 4) is 0 Å². The van der Waals surface area contributed by atoms with Crippen LogP contribution in [-0.4, -0.2) is 22.9 Å². The second-order valence-corrected chi connectivity index (χ2v) is 3.89. The normalized spacial score (nSPS) is 10.1. The number of hydrogen-bond acceptors (Lipinski definition) is 4. The number of nitrogens with one attached hydrogen (secondary N) is 2. The third-order valence-corrected chi connectivity index (χ3v) is 2.50. The minimum atomic E-state index is -0.685. The van der Waals surface area contributed by atoms with Gasteiger partial charge in [-0.2, -0.15) is 0 Å². The van der Waals surface area contributed by atoms with Crippen LogP contribution in [0.5, 0.6) is 0 Å². The smallest absolute Gasteiger partial charge is 0.259 e. The van der Waals surface area contributed by atoms with Crippen LogP contribution in [0.15, 0.2) is 30.5 Å². The Bertz CT molecular complexity index is 615. The number of aryl methyl sites for hydroxylation is 1. The minimum absolute atomic E-state index is 0.0323. The fraction of sp³-hybridized carbons (Fsp3) is 0.154. The third kappa shape index (κ3) is 2.85. The average Bonchev–Trinajstić information content (AvgIpc) is 2.39. The summed E-state index contributed by atoms with van der Waals surface area (Å²) in [4.78, 5) is 19.9. The van der Waals surface area contributed by atoms with Crippen LogP contribution in [0, 0.1) is 12.7 Å². The number of halogens is 1. The molecule has 0 unspecified atom stereocenters. The molecule has 0 radical (unpaired) electrons. The first-order valence-electron chi connectivity index (χ1n) is 5.69. The molecule has 5 nitrogen and oxygen atoms in total. The number of rotatable bonds is 3. The number of pyridine rings is 2. The van der Waals surface area contributed by atoms with E-state index in [4.69, 9.17) is 0 Å². The fourth-order valence-corrected chi connectivity index (χ4v) is 1.59. The lowest BCUT2D eigenvalue weighted by molar-refractivity contribution is 0.102. The van der Waals surface area contributed by atoms with Gasteiger partial charge in [-0.3, -0.25) is 4.79 Å². The van der Waals surface area contributed by atoms with E-state index in [0.29, 0.717) is 5.82 Å². The van der Waals surface area contributed by atoms with Crippen LogP contribution in [0.1, 0.15) is 16.1 Å². The molecule has 0 fully saturated rings. The van der Waals surface area contributed by atoms with Crippen molar-refractivity contribution < 1.29 is 9.18 Å². The number of anilines is 2. The molecule has 2 N–H and O–H groups in total. The number of aromatic nitrogens is 2. The Morgan fingerprint density at radius 1 is 1.32 bits per heavy atom. The van der Waals surface area contributed by atoms with Gasteiger partial charge in [0.2, 0.25) is 0 Å². The van der Waals surface area contributed by atoms with Crippen LogP contribution < -0.4 is 10.6 Å². The van der Waals surface area contributed by atoms with Gasteiger partial charge < -0.3 is 10.6 Å². The first-order chi connectivity index (χ1) is 9.11. The first-order valence-corrected chi connectivity index (χ1v) is 5.69. The highest BCUT2D eigenvalue weighted by molar-refractivity contribution is 6.04. The lowest BCUT2D eigenvalue weighted by atomic mass is 10.2. The predicted molar refractivity (Wildman–Crippen MR) is 70.7 cm³/mol. The van der Waals surface area contributed by atoms with E-state index in [1.165, 1.54) is 19.3 Å². The molecule has 2 aromatic heterocycles. The van der Waals surface area contributed by atoms with Crippen LogP contribution in [0.25, 0.3) is 0 Å². The van der Waals surface area contributed by atoms with E-state index in [0.717, 1.165) is 5.69 Å². The maximum absolute atomic E-state index is 13.9. The molecule has 98 valence electrons. The third-order valence-electron chi connectivity index (χ3n) is 2.50. The highest BCUT2D eigenvalue weighted by Gasteiger charge is 2.15. The molecule has 2 rings (SSSR count). The molecule has 2 aromatic rings. The van der Waals surface area contributed by atoms with Crippen molar-refractivity contribution in [3.05, 3.63) is 47.5 Å². The van der Waals surface area contributed by atoms with Gasteiger partial charge >= 0.3 is 0 Å². The van der Waals surface area contributed by atoms with Crippen molar-refractivity contribution in [3.63, 3.8) is 0 Å². The zero-order chi connectivity index (χ0) is 13.8. The summed E-state index contributed by atoms with van der Waals surface area (Å²) in [5.74, 6) is -0.832. The Morgan fingerprint density at radius 3 is 2.79 bits per heavy atom. The quantitative estimate of drug-likeness (QED) is 0.888. The molecule has 0 atom stereocenters. The summed E-state index contributed by atoms with van der Waals surface area (Å²) in [5.41, 5.74) is 0.687. The van der Waals surface area contributed by atoms with Crippen LogP contribution in [0.4, 0.5) is 16.0 Å². The standard InChI is InChI=1S/C13H13FN4O/c1-8-4-3-5-10(17-8)18-13(19)9-6-7-16-12(15-2)11(9)14/h3-7H,1-2H3,(H,15,16)(H,17,18,19). The van der Waals surface area contributed by atoms with Crippen molar-refractivity contribution >= 4 is 17.5 Å². The van der Waals surface area contributed by atoms with E-state index in [1.807, 2.05) is 13.0 Å². The molecule has 0 bridgehead atoms. The number of amides is 1. The van der Waals surface area contributed by atoms with Crippen LogP contribution in [-0.2, 0) is 0 Å². The lowest BCUT2D eigenvalue weighted by Gasteiger charge is -2.08. The van der Waals surface area contributed by atoms with Crippen molar-refractivity contribution in [2.45, 2.75) is 6.92 Å². The molecule has 0 spiro atoms. The van der Waals surface area contributed by atoms with Crippen molar-refractivity contribution in [1.29, 1.82) is 0 Å². The topological polar surface area (TPSA) is 66.9 Å². The van der Waals surface area contributed by atoms with Crippen LogP contribution >= 0.6 is 0 Å². The number of carbonyl (C=O) groups excluding carboxylic acids is 1. The summed E-state index contributed by atoms with van der Waals surface area (Å²) in [6, 6.07) is 6.53. The summed E-state index contributed by atoms with van der Waals surface area (Å²) >= 11 is 0. The van der Waals surface area contributed by atoms with Crippen molar-refractivity contribution in [2.75, 3.05) is 17.7 Å². The van der Waals surface area contributed by atoms with Crippen molar-refractivity contribution in [2.24, 2.45) is 0 Å². The largest absolute Gasteiger partial charge is 0.371 e. The molecule has 2 heterocycles. The zero-order valence-corrected chi connectivity index (χ0v) is 10.6. The Morgan fingerprint density at radius 2 is 2.11 bits per heavy atom. The number of nitrogens with zero attached hydrogens (tertiary/aromatic N) is 2. The maximum Gasteiger partial charge on any atom is 0.259 e. The van der Waals surface area contributed by atoms with E-state index in [1.54, 1.807) is 12.1 Å². The minimum Gasteiger partial charge on any atom is -0.371 e. The summed E-state index contributed by atoms with van der Waals surface area (Å²) < 4.78 is 13.9. The Hall–Kier alpha value is -2.50. The molecule has 0 aliphatic carbocycles. The molecule has 0 aliphatic rings. The first kappa shape index (κ1) is 12.9. The second kappa shape index (κ2) is 5.43. The van der Waals surface area contributed by atoms with Gasteiger partial charge in [-0.05, 0) is 25.1 Å². The van der Waals surface area contributed by atoms with Crippen LogP contribution in [0.3, 0.4) is 0 Å². The van der Waals surface area contributed by atoms with Crippen molar-refractivity contribution in [1.82, 2.24) is 9.97 Å². The molecule has 6 heteroatoms. The Kier molecular flexibility index (Phi) is 3.70. The Labute approximate surface area is 109 Å². The highest BCUT2D eigenvalue weighted by Crippen LogP contribution is 2.16. The number of hydrogen-bond donors (Lipinski definition) is 2. The van der Waals surface area contributed by atoms with Gasteiger partial charge in [0, 0.05) is 18.9 Å². The van der Waals surface area contributed by atoms with Gasteiger partial charge in [0.25, 0.3) is 5.91 Å². The van der Waals surface area contributed by atoms with Gasteiger partial charge in [0.1, 0.15) is 5.82 Å². The molecule has 0 saturated carbocycles. The fourth-order valence-electron chi connectivity index (χ4n) is 1.59. The van der Waals surface area contributed by atoms with Gasteiger partial charge in [-0.15, -0.1) is 0 Å². The van der Waals surface area contributed by atoms with E-state index in [-0.39, 0.29) is 11.4 Å². The monoisotopic (exact) mass is 260 g/mol. The molecule has 19 heavy (non-hydrogen) atoms. The number of carbonyl (C=O) groups is 1. The molecule has 0 saturated heterocycles. The van der Waals surface area contributed by atoms with Gasteiger partial charge in [0.15, 0.2) is 11.6 Å². The summed E-state index contributed by atoms with van der Waals surface area (Å²) in [6.07, 6.45) is 1.37. The van der Waals surface area contributed by atoms with E-state index >= 15 is 0 Å². The SMILES string of the molecule is CNc1nccc(C(=O)Nc2cccc(C)n2)c1F. The van der Waals surface area contributed by atoms with Gasteiger partial charge in [-0.1, -0.05) is 6.07 Å². The highest BCUT2D eigenvalue weighted by atomic mass is 19.1. The summed E-state index contributed by atoms with van der Waals surface area (Å²) in [6.45, 7) is 1.81. The van der Waals surface area contributed by atoms with Gasteiger partial charge in [0.05, 0.1) is 5.56 Å². The average molecular weight is 260 g/mol. The lowest BCUT2D eigenvalue weighted by Crippen LogP contribution is -2.16. The molecule has 0 aliphatic heterocycles. The Balaban J connectivity index is 2.25. The molecular weight excluding hydrogens is 247 g/mol. The van der Waals surface area contributed by atoms with E-state index < -0.39 is 11.7 Å². The predicted octanol–water partition coefficient (Wildman–Crippen LogP) is 2.22. The molecule has 0 aromatic carbocycles. The summed E-state index contributed by atoms with van der Waals surface area (Å²) in [5, 5.41) is 5.13. The van der Waals surface area contributed by atoms with Crippen LogP contribution in [0.2, 0.25) is 0 Å². The van der Waals surface area contributed by atoms with Gasteiger partial charge in [-0.25, -0.2) is 14.4 Å². The molecular formula is C13H13FN4O. The maximum atomic E-state index is 13.9.